The maximum Gasteiger partial charge on any atom is 0.316 e. The smallest absolute Gasteiger partial charge is 0.316 e. The molecule has 1 saturated heterocycles. The molecule has 4 rings (SSSR count). The lowest BCUT2D eigenvalue weighted by atomic mass is 10.0. The highest BCUT2D eigenvalue weighted by molar-refractivity contribution is 6.35. The number of ketones is 1. The third kappa shape index (κ3) is 4.27. The van der Waals surface area contributed by atoms with Gasteiger partial charge in [0.1, 0.15) is 0 Å². The molecule has 156 valence electrons. The van der Waals surface area contributed by atoms with Gasteiger partial charge >= 0.3 is 6.03 Å². The molecule has 2 aliphatic heterocycles. The SMILES string of the molecule is CN1CCN(CC(=O)c2c[nH]c(/C=C3\C(=O)Nc4ccc(NC(N)=O)cc43)c2)CC1. The zero-order valence-electron chi connectivity index (χ0n) is 16.7. The molecule has 5 N–H and O–H groups in total. The zero-order chi connectivity index (χ0) is 21.3. The van der Waals surface area contributed by atoms with Gasteiger partial charge in [0.15, 0.2) is 5.78 Å². The summed E-state index contributed by atoms with van der Waals surface area (Å²) in [5.74, 6) is -0.203. The predicted octanol–water partition coefficient (Wildman–Crippen LogP) is 1.43. The van der Waals surface area contributed by atoms with Crippen LogP contribution in [0.15, 0.2) is 30.5 Å². The summed E-state index contributed by atoms with van der Waals surface area (Å²) in [5.41, 5.74) is 8.66. The Labute approximate surface area is 173 Å². The molecule has 1 aromatic heterocycles. The Kier molecular flexibility index (Phi) is 5.39. The van der Waals surface area contributed by atoms with Crippen molar-refractivity contribution in [2.24, 2.45) is 5.73 Å². The van der Waals surface area contributed by atoms with Crippen molar-refractivity contribution >= 4 is 40.7 Å². The molecular formula is C21H24N6O3. The van der Waals surface area contributed by atoms with Crippen LogP contribution in [-0.4, -0.2) is 72.3 Å². The summed E-state index contributed by atoms with van der Waals surface area (Å²) >= 11 is 0. The standard InChI is InChI=1S/C21H24N6O3/c1-26-4-6-27(7-5-26)12-19(28)13-8-15(23-11-13)10-17-16-9-14(24-21(22)30)2-3-18(16)25-20(17)29/h2-3,8-11,23H,4-7,12H2,1H3,(H,25,29)(H3,22,24,30)/b17-10-. The average Bonchev–Trinajstić information content (AvgIpc) is 3.29. The number of likely N-dealkylation sites (N-methyl/N-ethyl adjacent to an activating group) is 1. The zero-order valence-corrected chi connectivity index (χ0v) is 16.7. The van der Waals surface area contributed by atoms with Crippen molar-refractivity contribution in [3.05, 3.63) is 47.3 Å². The number of urea groups is 1. The molecule has 0 bridgehead atoms. The summed E-state index contributed by atoms with van der Waals surface area (Å²) in [6, 6.07) is 6.13. The maximum atomic E-state index is 12.6. The summed E-state index contributed by atoms with van der Waals surface area (Å²) in [6.45, 7) is 4.05. The number of aromatic nitrogens is 1. The van der Waals surface area contributed by atoms with E-state index in [2.05, 4.69) is 32.5 Å². The minimum Gasteiger partial charge on any atom is -0.361 e. The summed E-state index contributed by atoms with van der Waals surface area (Å²) in [4.78, 5) is 43.6. The highest BCUT2D eigenvalue weighted by atomic mass is 16.2. The molecule has 9 nitrogen and oxygen atoms in total. The van der Waals surface area contributed by atoms with E-state index >= 15 is 0 Å². The molecule has 0 aliphatic carbocycles. The highest BCUT2D eigenvalue weighted by Gasteiger charge is 2.25. The Morgan fingerprint density at radius 2 is 1.97 bits per heavy atom. The minimum atomic E-state index is -0.675. The van der Waals surface area contributed by atoms with Gasteiger partial charge in [-0.15, -0.1) is 0 Å². The second kappa shape index (κ2) is 8.13. The van der Waals surface area contributed by atoms with E-state index in [0.29, 0.717) is 40.3 Å². The van der Waals surface area contributed by atoms with Crippen molar-refractivity contribution in [2.75, 3.05) is 50.4 Å². The number of rotatable bonds is 5. The number of carbonyl (C=O) groups excluding carboxylic acids is 3. The molecule has 0 saturated carbocycles. The summed E-state index contributed by atoms with van der Waals surface area (Å²) in [5, 5.41) is 5.30. The summed E-state index contributed by atoms with van der Waals surface area (Å²) < 4.78 is 0. The van der Waals surface area contributed by atoms with Gasteiger partial charge in [0.25, 0.3) is 5.91 Å². The first-order chi connectivity index (χ1) is 14.4. The van der Waals surface area contributed by atoms with Crippen LogP contribution in [0.4, 0.5) is 16.2 Å². The van der Waals surface area contributed by atoms with E-state index in [4.69, 9.17) is 5.73 Å². The molecule has 30 heavy (non-hydrogen) atoms. The van der Waals surface area contributed by atoms with Gasteiger partial charge in [-0.25, -0.2) is 4.79 Å². The van der Waals surface area contributed by atoms with Gasteiger partial charge in [-0.2, -0.15) is 0 Å². The van der Waals surface area contributed by atoms with Crippen molar-refractivity contribution < 1.29 is 14.4 Å². The Hall–Kier alpha value is -3.43. The molecular weight excluding hydrogens is 384 g/mol. The number of anilines is 2. The Balaban J connectivity index is 1.51. The molecule has 0 atom stereocenters. The molecule has 0 spiro atoms. The Bertz CT molecular complexity index is 1030. The van der Waals surface area contributed by atoms with E-state index in [0.717, 1.165) is 26.2 Å². The van der Waals surface area contributed by atoms with Gasteiger partial charge in [0, 0.05) is 60.6 Å². The van der Waals surface area contributed by atoms with Crippen molar-refractivity contribution in [1.82, 2.24) is 14.8 Å². The Morgan fingerprint density at radius 1 is 1.20 bits per heavy atom. The molecule has 0 radical (unpaired) electrons. The van der Waals surface area contributed by atoms with E-state index in [-0.39, 0.29) is 11.7 Å². The van der Waals surface area contributed by atoms with Crippen LogP contribution in [0, 0.1) is 0 Å². The van der Waals surface area contributed by atoms with Crippen LogP contribution in [0.25, 0.3) is 11.6 Å². The number of primary amides is 1. The first-order valence-electron chi connectivity index (χ1n) is 9.75. The van der Waals surface area contributed by atoms with Crippen LogP contribution in [0.1, 0.15) is 21.6 Å². The highest BCUT2D eigenvalue weighted by Crippen LogP contribution is 2.35. The number of H-pyrrole nitrogens is 1. The van der Waals surface area contributed by atoms with Crippen LogP contribution < -0.4 is 16.4 Å². The number of fused-ring (bicyclic) bond motifs is 1. The monoisotopic (exact) mass is 408 g/mol. The molecule has 1 fully saturated rings. The maximum absolute atomic E-state index is 12.6. The third-order valence-corrected chi connectivity index (χ3v) is 5.36. The number of aromatic amines is 1. The number of Topliss-reactive ketones (excluding diaryl/α,β-unsaturated/α-hetero) is 1. The fraction of sp³-hybridized carbons (Fsp3) is 0.286. The minimum absolute atomic E-state index is 0.0460. The predicted molar refractivity (Wildman–Crippen MR) is 115 cm³/mol. The second-order valence-corrected chi connectivity index (χ2v) is 7.61. The van der Waals surface area contributed by atoms with Crippen LogP contribution in [-0.2, 0) is 4.79 Å². The Morgan fingerprint density at radius 3 is 2.70 bits per heavy atom. The van der Waals surface area contributed by atoms with Gasteiger partial charge in [-0.3, -0.25) is 14.5 Å². The quantitative estimate of drug-likeness (QED) is 0.440. The lowest BCUT2D eigenvalue weighted by Gasteiger charge is -2.31. The second-order valence-electron chi connectivity index (χ2n) is 7.61. The van der Waals surface area contributed by atoms with E-state index in [1.165, 1.54) is 0 Å². The molecule has 3 amide bonds. The van der Waals surface area contributed by atoms with Crippen molar-refractivity contribution in [1.29, 1.82) is 0 Å². The summed E-state index contributed by atoms with van der Waals surface area (Å²) in [6.07, 6.45) is 3.37. The lowest BCUT2D eigenvalue weighted by molar-refractivity contribution is -0.110. The third-order valence-electron chi connectivity index (χ3n) is 5.36. The normalized spacial score (nSPS) is 18.3. The molecule has 1 aromatic carbocycles. The van der Waals surface area contributed by atoms with Gasteiger partial charge in [-0.05, 0) is 37.4 Å². The summed E-state index contributed by atoms with van der Waals surface area (Å²) in [7, 11) is 2.08. The lowest BCUT2D eigenvalue weighted by Crippen LogP contribution is -2.46. The number of nitrogens with zero attached hydrogens (tertiary/aromatic N) is 2. The van der Waals surface area contributed by atoms with Crippen LogP contribution in [0.3, 0.4) is 0 Å². The first kappa shape index (κ1) is 19.9. The number of benzene rings is 1. The topological polar surface area (TPSA) is 124 Å². The molecule has 9 heteroatoms. The van der Waals surface area contributed by atoms with Gasteiger partial charge in [0.05, 0.1) is 12.1 Å². The molecule has 0 unspecified atom stereocenters. The number of nitrogens with one attached hydrogen (secondary N) is 3. The van der Waals surface area contributed by atoms with Gasteiger partial charge in [-0.1, -0.05) is 0 Å². The van der Waals surface area contributed by atoms with Crippen molar-refractivity contribution in [2.45, 2.75) is 0 Å². The molecule has 3 heterocycles. The van der Waals surface area contributed by atoms with Crippen molar-refractivity contribution in [3.63, 3.8) is 0 Å². The van der Waals surface area contributed by atoms with E-state index in [1.54, 1.807) is 36.5 Å². The number of carbonyl (C=O) groups is 3. The number of hydrogen-bond donors (Lipinski definition) is 4. The van der Waals surface area contributed by atoms with E-state index in [1.807, 2.05) is 0 Å². The molecule has 2 aromatic rings. The van der Waals surface area contributed by atoms with Crippen LogP contribution in [0.5, 0.6) is 0 Å². The fourth-order valence-electron chi connectivity index (χ4n) is 3.66. The number of piperazine rings is 1. The van der Waals surface area contributed by atoms with Crippen LogP contribution >= 0.6 is 0 Å². The fourth-order valence-corrected chi connectivity index (χ4v) is 3.66. The number of nitrogens with two attached hydrogens (primary N) is 1. The largest absolute Gasteiger partial charge is 0.361 e. The molecule has 2 aliphatic rings. The van der Waals surface area contributed by atoms with E-state index < -0.39 is 6.03 Å². The van der Waals surface area contributed by atoms with Crippen LogP contribution in [0.2, 0.25) is 0 Å². The average molecular weight is 408 g/mol. The van der Waals surface area contributed by atoms with E-state index in [9.17, 15) is 14.4 Å². The van der Waals surface area contributed by atoms with Crippen molar-refractivity contribution in [3.8, 4) is 0 Å². The van der Waals surface area contributed by atoms with Gasteiger partial charge in [0.2, 0.25) is 0 Å². The van der Waals surface area contributed by atoms with Gasteiger partial charge < -0.3 is 26.3 Å². The number of hydrogen-bond acceptors (Lipinski definition) is 5. The number of amides is 3. The first-order valence-corrected chi connectivity index (χ1v) is 9.75.